The zero-order valence-electron chi connectivity index (χ0n) is 11.5. The second-order valence-electron chi connectivity index (χ2n) is 4.52. The van der Waals surface area contributed by atoms with Crippen LogP contribution < -0.4 is 5.32 Å². The zero-order valence-corrected chi connectivity index (χ0v) is 12.3. The highest BCUT2D eigenvalue weighted by atomic mass is 32.1. The predicted molar refractivity (Wildman–Crippen MR) is 79.1 cm³/mol. The molecule has 1 aliphatic rings. The van der Waals surface area contributed by atoms with Gasteiger partial charge in [0.05, 0.1) is 18.7 Å². The standard InChI is InChI=1S/C14H16N2O3S/c1-8-11(13(18)19-3)12(15-14(20)16(8)2)9-4-6-10(17)7-5-9/h4-7,12,17H,1-3H3,(H,15,20). The number of hydrogen-bond donors (Lipinski definition) is 2. The highest BCUT2D eigenvalue weighted by Crippen LogP contribution is 2.31. The minimum absolute atomic E-state index is 0.171. The number of nitrogens with one attached hydrogen (secondary N) is 1. The lowest BCUT2D eigenvalue weighted by molar-refractivity contribution is -0.136. The Kier molecular flexibility index (Phi) is 3.94. The summed E-state index contributed by atoms with van der Waals surface area (Å²) in [5.41, 5.74) is 2.09. The van der Waals surface area contributed by atoms with Crippen LogP contribution in [0.3, 0.4) is 0 Å². The van der Waals surface area contributed by atoms with E-state index in [-0.39, 0.29) is 11.8 Å². The fourth-order valence-electron chi connectivity index (χ4n) is 2.13. The van der Waals surface area contributed by atoms with E-state index < -0.39 is 5.97 Å². The van der Waals surface area contributed by atoms with Crippen molar-refractivity contribution in [3.05, 3.63) is 41.1 Å². The van der Waals surface area contributed by atoms with Crippen molar-refractivity contribution in [2.75, 3.05) is 14.2 Å². The Balaban J connectivity index is 2.51. The third-order valence-corrected chi connectivity index (χ3v) is 3.78. The average molecular weight is 292 g/mol. The van der Waals surface area contributed by atoms with E-state index in [9.17, 15) is 9.90 Å². The van der Waals surface area contributed by atoms with E-state index in [1.165, 1.54) is 7.11 Å². The van der Waals surface area contributed by atoms with Crippen molar-refractivity contribution in [2.24, 2.45) is 0 Å². The number of phenolic OH excluding ortho intramolecular Hbond substituents is 1. The third kappa shape index (κ3) is 2.46. The number of thiocarbonyl (C=S) groups is 1. The summed E-state index contributed by atoms with van der Waals surface area (Å²) in [6, 6.07) is 6.26. The highest BCUT2D eigenvalue weighted by Gasteiger charge is 2.32. The van der Waals surface area contributed by atoms with Crippen molar-refractivity contribution < 1.29 is 14.6 Å². The molecule has 6 heteroatoms. The normalized spacial score (nSPS) is 18.9. The SMILES string of the molecule is COC(=O)C1=C(C)N(C)C(=S)NC1c1ccc(O)cc1. The van der Waals surface area contributed by atoms with Gasteiger partial charge in [-0.05, 0) is 36.8 Å². The number of methoxy groups -OCH3 is 1. The summed E-state index contributed by atoms with van der Waals surface area (Å²) in [6.45, 7) is 1.83. The number of phenols is 1. The lowest BCUT2D eigenvalue weighted by Crippen LogP contribution is -2.46. The molecule has 0 fully saturated rings. The lowest BCUT2D eigenvalue weighted by atomic mass is 9.95. The molecule has 1 aromatic rings. The van der Waals surface area contributed by atoms with E-state index in [4.69, 9.17) is 17.0 Å². The molecule has 106 valence electrons. The Hall–Kier alpha value is -2.08. The zero-order chi connectivity index (χ0) is 14.9. The second-order valence-corrected chi connectivity index (χ2v) is 4.91. The summed E-state index contributed by atoms with van der Waals surface area (Å²) in [6.07, 6.45) is 0. The van der Waals surface area contributed by atoms with Crippen LogP contribution in [0.4, 0.5) is 0 Å². The van der Waals surface area contributed by atoms with E-state index in [2.05, 4.69) is 5.32 Å². The van der Waals surface area contributed by atoms with Gasteiger partial charge in [0.15, 0.2) is 5.11 Å². The largest absolute Gasteiger partial charge is 0.508 e. The molecular weight excluding hydrogens is 276 g/mol. The number of carbonyl (C=O) groups is 1. The number of allylic oxidation sites excluding steroid dienone is 1. The van der Waals surface area contributed by atoms with E-state index in [1.807, 2.05) is 6.92 Å². The highest BCUT2D eigenvalue weighted by molar-refractivity contribution is 7.80. The summed E-state index contributed by atoms with van der Waals surface area (Å²) in [7, 11) is 3.14. The fourth-order valence-corrected chi connectivity index (χ4v) is 2.38. The van der Waals surface area contributed by atoms with Crippen LogP contribution >= 0.6 is 12.2 Å². The summed E-state index contributed by atoms with van der Waals surface area (Å²) >= 11 is 5.26. The maximum Gasteiger partial charge on any atom is 0.337 e. The molecule has 0 amide bonds. The molecule has 1 aliphatic heterocycles. The van der Waals surface area contributed by atoms with Crippen molar-refractivity contribution in [1.29, 1.82) is 0 Å². The number of benzene rings is 1. The Morgan fingerprint density at radius 1 is 1.40 bits per heavy atom. The van der Waals surface area contributed by atoms with Gasteiger partial charge in [0, 0.05) is 12.7 Å². The quantitative estimate of drug-likeness (QED) is 0.639. The molecule has 0 saturated heterocycles. The monoisotopic (exact) mass is 292 g/mol. The molecule has 2 rings (SSSR count). The lowest BCUT2D eigenvalue weighted by Gasteiger charge is -2.35. The van der Waals surface area contributed by atoms with Crippen LogP contribution in [-0.2, 0) is 9.53 Å². The molecule has 2 N–H and O–H groups in total. The number of ether oxygens (including phenoxy) is 1. The molecule has 0 aromatic heterocycles. The van der Waals surface area contributed by atoms with Crippen LogP contribution in [0.1, 0.15) is 18.5 Å². The smallest absolute Gasteiger partial charge is 0.337 e. The van der Waals surface area contributed by atoms with E-state index >= 15 is 0 Å². The first-order valence-corrected chi connectivity index (χ1v) is 6.48. The first kappa shape index (κ1) is 14.3. The van der Waals surface area contributed by atoms with Crippen molar-refractivity contribution in [3.8, 4) is 5.75 Å². The van der Waals surface area contributed by atoms with Gasteiger partial charge in [-0.3, -0.25) is 0 Å². The molecule has 5 nitrogen and oxygen atoms in total. The van der Waals surface area contributed by atoms with Gasteiger partial charge >= 0.3 is 5.97 Å². The Morgan fingerprint density at radius 2 is 2.00 bits per heavy atom. The summed E-state index contributed by atoms with van der Waals surface area (Å²) in [5, 5.41) is 13.0. The van der Waals surface area contributed by atoms with Crippen molar-refractivity contribution in [2.45, 2.75) is 13.0 Å². The van der Waals surface area contributed by atoms with Crippen LogP contribution in [0, 0.1) is 0 Å². The Morgan fingerprint density at radius 3 is 2.55 bits per heavy atom. The number of aromatic hydroxyl groups is 1. The van der Waals surface area contributed by atoms with Gasteiger partial charge in [-0.25, -0.2) is 4.79 Å². The van der Waals surface area contributed by atoms with Crippen molar-refractivity contribution in [3.63, 3.8) is 0 Å². The van der Waals surface area contributed by atoms with Gasteiger partial charge in [0.1, 0.15) is 5.75 Å². The topological polar surface area (TPSA) is 61.8 Å². The van der Waals surface area contributed by atoms with Crippen LogP contribution in [0.5, 0.6) is 5.75 Å². The molecule has 1 aromatic carbocycles. The molecule has 0 saturated carbocycles. The van der Waals surface area contributed by atoms with Gasteiger partial charge in [-0.1, -0.05) is 12.1 Å². The molecule has 1 unspecified atom stereocenters. The third-order valence-electron chi connectivity index (χ3n) is 3.39. The maximum absolute atomic E-state index is 12.0. The Labute approximate surface area is 122 Å². The summed E-state index contributed by atoms with van der Waals surface area (Å²) in [4.78, 5) is 13.8. The molecule has 20 heavy (non-hydrogen) atoms. The van der Waals surface area contributed by atoms with Gasteiger partial charge in [0.25, 0.3) is 0 Å². The average Bonchev–Trinajstić information content (AvgIpc) is 2.44. The van der Waals surface area contributed by atoms with Crippen LogP contribution in [0.2, 0.25) is 0 Å². The fraction of sp³-hybridized carbons (Fsp3) is 0.286. The van der Waals surface area contributed by atoms with E-state index in [0.29, 0.717) is 10.7 Å². The number of nitrogens with zero attached hydrogens (tertiary/aromatic N) is 1. The number of esters is 1. The van der Waals surface area contributed by atoms with E-state index in [1.54, 1.807) is 36.2 Å². The van der Waals surface area contributed by atoms with Crippen LogP contribution in [-0.4, -0.2) is 35.2 Å². The van der Waals surface area contributed by atoms with Crippen LogP contribution in [0.15, 0.2) is 35.5 Å². The van der Waals surface area contributed by atoms with Gasteiger partial charge in [0.2, 0.25) is 0 Å². The predicted octanol–water partition coefficient (Wildman–Crippen LogP) is 1.70. The number of rotatable bonds is 2. The molecule has 0 aliphatic carbocycles. The van der Waals surface area contributed by atoms with Gasteiger partial charge in [-0.2, -0.15) is 0 Å². The Bertz CT molecular complexity index is 581. The van der Waals surface area contributed by atoms with Crippen molar-refractivity contribution in [1.82, 2.24) is 10.2 Å². The molecular formula is C14H16N2O3S. The minimum atomic E-state index is -0.401. The first-order valence-electron chi connectivity index (χ1n) is 6.08. The molecule has 0 spiro atoms. The first-order chi connectivity index (χ1) is 9.45. The number of carbonyl (C=O) groups excluding carboxylic acids is 1. The second kappa shape index (κ2) is 5.50. The van der Waals surface area contributed by atoms with Gasteiger partial charge in [-0.15, -0.1) is 0 Å². The molecule has 1 heterocycles. The number of hydrogen-bond acceptors (Lipinski definition) is 4. The van der Waals surface area contributed by atoms with E-state index in [0.717, 1.165) is 11.3 Å². The van der Waals surface area contributed by atoms with Gasteiger partial charge < -0.3 is 20.1 Å². The molecule has 0 radical (unpaired) electrons. The van der Waals surface area contributed by atoms with Crippen LogP contribution in [0.25, 0.3) is 0 Å². The molecule has 1 atom stereocenters. The van der Waals surface area contributed by atoms with Crippen molar-refractivity contribution >= 4 is 23.3 Å². The summed E-state index contributed by atoms with van der Waals surface area (Å²) < 4.78 is 4.86. The summed E-state index contributed by atoms with van der Waals surface area (Å²) in [5.74, 6) is -0.230. The molecule has 0 bridgehead atoms. The maximum atomic E-state index is 12.0. The minimum Gasteiger partial charge on any atom is -0.508 e.